The Morgan fingerprint density at radius 1 is 1.07 bits per heavy atom. The second kappa shape index (κ2) is 8.51. The van der Waals surface area contributed by atoms with Gasteiger partial charge in [0.05, 0.1) is 7.11 Å². The van der Waals surface area contributed by atoms with Crippen LogP contribution in [0.25, 0.3) is 22.6 Å². The van der Waals surface area contributed by atoms with Crippen molar-refractivity contribution in [1.82, 2.24) is 19.9 Å². The Bertz CT molecular complexity index is 1160. The van der Waals surface area contributed by atoms with Crippen LogP contribution >= 0.6 is 11.6 Å². The van der Waals surface area contributed by atoms with Crippen molar-refractivity contribution in [3.8, 4) is 34.1 Å². The summed E-state index contributed by atoms with van der Waals surface area (Å²) in [5.74, 6) is 1.13. The van der Waals surface area contributed by atoms with E-state index < -0.39 is 5.95 Å². The molecule has 0 fully saturated rings. The van der Waals surface area contributed by atoms with Gasteiger partial charge in [0.1, 0.15) is 34.8 Å². The molecule has 0 radical (unpaired) electrons. The Labute approximate surface area is 177 Å². The molecule has 0 amide bonds. The van der Waals surface area contributed by atoms with Gasteiger partial charge in [0, 0.05) is 40.8 Å². The molecule has 0 aliphatic rings. The topological polar surface area (TPSA) is 72.9 Å². The van der Waals surface area contributed by atoms with Crippen molar-refractivity contribution in [3.05, 3.63) is 77.2 Å². The summed E-state index contributed by atoms with van der Waals surface area (Å²) in [5.41, 5.74) is 3.76. The number of imidazole rings is 1. The SMILES string of the molecule is COc1cc(OCc2ccc(C)nc2)ccc1-c1nc(-c2ccc(F)nc2)[nH]c1Cl. The number of nitrogens with one attached hydrogen (secondary N) is 1. The van der Waals surface area contributed by atoms with Gasteiger partial charge >= 0.3 is 0 Å². The van der Waals surface area contributed by atoms with Crippen molar-refractivity contribution < 1.29 is 13.9 Å². The van der Waals surface area contributed by atoms with Crippen LogP contribution in [-0.4, -0.2) is 27.0 Å². The highest BCUT2D eigenvalue weighted by Gasteiger charge is 2.17. The van der Waals surface area contributed by atoms with Gasteiger partial charge in [-0.15, -0.1) is 0 Å². The first-order valence-electron chi connectivity index (χ1n) is 9.13. The summed E-state index contributed by atoms with van der Waals surface area (Å²) < 4.78 is 24.5. The Morgan fingerprint density at radius 3 is 2.63 bits per heavy atom. The minimum absolute atomic E-state index is 0.340. The first kappa shape index (κ1) is 19.8. The molecule has 1 N–H and O–H groups in total. The van der Waals surface area contributed by atoms with Crippen LogP contribution < -0.4 is 9.47 Å². The summed E-state index contributed by atoms with van der Waals surface area (Å²) in [5, 5.41) is 0.340. The molecular formula is C22H18ClFN4O2. The molecule has 0 atom stereocenters. The quantitative estimate of drug-likeness (QED) is 0.429. The molecule has 30 heavy (non-hydrogen) atoms. The van der Waals surface area contributed by atoms with E-state index in [1.54, 1.807) is 25.4 Å². The molecular weight excluding hydrogens is 407 g/mol. The minimum Gasteiger partial charge on any atom is -0.496 e. The summed E-state index contributed by atoms with van der Waals surface area (Å²) in [6, 6.07) is 12.2. The molecule has 3 aromatic heterocycles. The maximum absolute atomic E-state index is 13.1. The fourth-order valence-electron chi connectivity index (χ4n) is 2.89. The summed E-state index contributed by atoms with van der Waals surface area (Å²) >= 11 is 6.38. The normalized spacial score (nSPS) is 10.8. The van der Waals surface area contributed by atoms with Crippen LogP contribution in [0.1, 0.15) is 11.3 Å². The minimum atomic E-state index is -0.560. The summed E-state index contributed by atoms with van der Waals surface area (Å²) in [6.45, 7) is 2.33. The largest absolute Gasteiger partial charge is 0.496 e. The Balaban J connectivity index is 1.58. The van der Waals surface area contributed by atoms with E-state index in [0.717, 1.165) is 11.3 Å². The zero-order valence-electron chi connectivity index (χ0n) is 16.3. The van der Waals surface area contributed by atoms with E-state index in [1.807, 2.05) is 31.2 Å². The molecule has 0 spiro atoms. The van der Waals surface area contributed by atoms with Crippen molar-refractivity contribution in [3.63, 3.8) is 0 Å². The van der Waals surface area contributed by atoms with Crippen molar-refractivity contribution in [2.75, 3.05) is 7.11 Å². The number of pyridine rings is 2. The lowest BCUT2D eigenvalue weighted by atomic mass is 10.1. The molecule has 0 aliphatic heterocycles. The average molecular weight is 425 g/mol. The van der Waals surface area contributed by atoms with Crippen molar-refractivity contribution in [1.29, 1.82) is 0 Å². The fraction of sp³-hybridized carbons (Fsp3) is 0.136. The molecule has 6 nitrogen and oxygen atoms in total. The molecule has 0 bridgehead atoms. The lowest BCUT2D eigenvalue weighted by Gasteiger charge is -2.11. The number of H-pyrrole nitrogens is 1. The second-order valence-corrected chi connectivity index (χ2v) is 6.95. The van der Waals surface area contributed by atoms with E-state index in [1.165, 1.54) is 12.3 Å². The maximum atomic E-state index is 13.1. The van der Waals surface area contributed by atoms with E-state index in [-0.39, 0.29) is 0 Å². The van der Waals surface area contributed by atoms with Gasteiger partial charge in [0.2, 0.25) is 5.95 Å². The van der Waals surface area contributed by atoms with Gasteiger partial charge in [-0.3, -0.25) is 4.98 Å². The van der Waals surface area contributed by atoms with Crippen molar-refractivity contribution in [2.24, 2.45) is 0 Å². The number of rotatable bonds is 6. The number of halogens is 2. The third-order valence-electron chi connectivity index (χ3n) is 4.47. The number of aromatic amines is 1. The number of methoxy groups -OCH3 is 1. The van der Waals surface area contributed by atoms with Gasteiger partial charge in [0.25, 0.3) is 0 Å². The van der Waals surface area contributed by atoms with Crippen molar-refractivity contribution >= 4 is 11.6 Å². The van der Waals surface area contributed by atoms with Crippen LogP contribution in [0.3, 0.4) is 0 Å². The van der Waals surface area contributed by atoms with Crippen LogP contribution in [0.2, 0.25) is 5.15 Å². The van der Waals surface area contributed by atoms with Gasteiger partial charge in [-0.25, -0.2) is 9.97 Å². The predicted molar refractivity (Wildman–Crippen MR) is 112 cm³/mol. The Morgan fingerprint density at radius 2 is 1.93 bits per heavy atom. The summed E-state index contributed by atoms with van der Waals surface area (Å²) in [4.78, 5) is 15.4. The standard InChI is InChI=1S/C22H18ClFN4O2/c1-13-3-4-14(10-25-13)12-30-16-6-7-17(18(9-16)29-2)20-21(23)28-22(27-20)15-5-8-19(24)26-11-15/h3-11H,12H2,1-2H3,(H,27,28). The zero-order chi connectivity index (χ0) is 21.1. The summed E-state index contributed by atoms with van der Waals surface area (Å²) in [7, 11) is 1.57. The van der Waals surface area contributed by atoms with Crippen LogP contribution in [0.4, 0.5) is 4.39 Å². The molecule has 1 aromatic carbocycles. The smallest absolute Gasteiger partial charge is 0.212 e. The number of hydrogen-bond donors (Lipinski definition) is 1. The highest BCUT2D eigenvalue weighted by atomic mass is 35.5. The number of aromatic nitrogens is 4. The molecule has 0 saturated heterocycles. The van der Waals surface area contributed by atoms with Gasteiger partial charge in [-0.2, -0.15) is 4.39 Å². The van der Waals surface area contributed by atoms with Gasteiger partial charge in [-0.05, 0) is 37.3 Å². The second-order valence-electron chi connectivity index (χ2n) is 6.58. The molecule has 0 unspecified atom stereocenters. The van der Waals surface area contributed by atoms with Gasteiger partial charge in [-0.1, -0.05) is 17.7 Å². The van der Waals surface area contributed by atoms with E-state index >= 15 is 0 Å². The van der Waals surface area contributed by atoms with Crippen LogP contribution in [0.5, 0.6) is 11.5 Å². The highest BCUT2D eigenvalue weighted by Crippen LogP contribution is 2.37. The first-order chi connectivity index (χ1) is 14.5. The van der Waals surface area contributed by atoms with Crippen LogP contribution in [0.15, 0.2) is 54.9 Å². The van der Waals surface area contributed by atoms with Crippen molar-refractivity contribution in [2.45, 2.75) is 13.5 Å². The lowest BCUT2D eigenvalue weighted by molar-refractivity contribution is 0.303. The molecule has 152 valence electrons. The van der Waals surface area contributed by atoms with E-state index in [2.05, 4.69) is 19.9 Å². The number of nitrogens with zero attached hydrogens (tertiary/aromatic N) is 3. The fourth-order valence-corrected chi connectivity index (χ4v) is 3.12. The average Bonchev–Trinajstić information content (AvgIpc) is 3.15. The molecule has 4 rings (SSSR count). The zero-order valence-corrected chi connectivity index (χ0v) is 17.1. The maximum Gasteiger partial charge on any atom is 0.212 e. The summed E-state index contributed by atoms with van der Waals surface area (Å²) in [6.07, 6.45) is 3.18. The Hall–Kier alpha value is -3.45. The molecule has 0 saturated carbocycles. The monoisotopic (exact) mass is 424 g/mol. The Kier molecular flexibility index (Phi) is 5.63. The molecule has 3 heterocycles. The predicted octanol–water partition coefficient (Wildman–Crippen LogP) is 5.22. The first-order valence-corrected chi connectivity index (χ1v) is 9.51. The van der Waals surface area contributed by atoms with Crippen LogP contribution in [0, 0.1) is 12.9 Å². The van der Waals surface area contributed by atoms with Gasteiger partial charge in [0.15, 0.2) is 0 Å². The van der Waals surface area contributed by atoms with Crippen LogP contribution in [-0.2, 0) is 6.61 Å². The number of ether oxygens (including phenoxy) is 2. The number of aryl methyl sites for hydroxylation is 1. The molecule has 0 aliphatic carbocycles. The van der Waals surface area contributed by atoms with Gasteiger partial charge < -0.3 is 14.5 Å². The van der Waals surface area contributed by atoms with E-state index in [9.17, 15) is 4.39 Å². The number of hydrogen-bond acceptors (Lipinski definition) is 5. The number of benzene rings is 1. The highest BCUT2D eigenvalue weighted by molar-refractivity contribution is 6.32. The van der Waals surface area contributed by atoms with E-state index in [0.29, 0.717) is 45.9 Å². The third kappa shape index (κ3) is 4.26. The lowest BCUT2D eigenvalue weighted by Crippen LogP contribution is -1.97. The molecule has 4 aromatic rings. The third-order valence-corrected chi connectivity index (χ3v) is 4.74. The van der Waals surface area contributed by atoms with E-state index in [4.69, 9.17) is 21.1 Å². The molecule has 8 heteroatoms.